The number of benzene rings is 2. The van der Waals surface area contributed by atoms with Crippen LogP contribution in [0.25, 0.3) is 0 Å². The van der Waals surface area contributed by atoms with Crippen LogP contribution in [0.4, 0.5) is 5.69 Å². The van der Waals surface area contributed by atoms with E-state index in [4.69, 9.17) is 4.74 Å². The smallest absolute Gasteiger partial charge is 0.251 e. The molecule has 1 aliphatic rings. The molecule has 0 spiro atoms. The van der Waals surface area contributed by atoms with Gasteiger partial charge in [-0.05, 0) is 55.2 Å². The first-order valence-corrected chi connectivity index (χ1v) is 12.9. The Labute approximate surface area is 210 Å². The molecule has 8 nitrogen and oxygen atoms in total. The summed E-state index contributed by atoms with van der Waals surface area (Å²) in [6, 6.07) is 15.1. The van der Waals surface area contributed by atoms with Crippen LogP contribution in [-0.4, -0.2) is 46.0 Å². The maximum atomic E-state index is 13.1. The number of thioether (sulfide) groups is 1. The van der Waals surface area contributed by atoms with Gasteiger partial charge in [0.15, 0.2) is 11.0 Å². The lowest BCUT2D eigenvalue weighted by molar-refractivity contribution is -0.116. The van der Waals surface area contributed by atoms with E-state index in [-0.39, 0.29) is 24.1 Å². The van der Waals surface area contributed by atoms with Gasteiger partial charge in [-0.1, -0.05) is 43.3 Å². The Balaban J connectivity index is 1.40. The average molecular weight is 494 g/mol. The molecule has 2 amide bonds. The van der Waals surface area contributed by atoms with Crippen LogP contribution in [0.5, 0.6) is 5.75 Å². The quantitative estimate of drug-likeness (QED) is 0.428. The average Bonchev–Trinajstić information content (AvgIpc) is 3.30. The number of aryl methyl sites for hydroxylation is 1. The Hall–Kier alpha value is -3.33. The fourth-order valence-electron chi connectivity index (χ4n) is 4.10. The highest BCUT2D eigenvalue weighted by Crippen LogP contribution is 2.28. The van der Waals surface area contributed by atoms with Gasteiger partial charge in [-0.3, -0.25) is 9.59 Å². The van der Waals surface area contributed by atoms with Crippen LogP contribution in [0.3, 0.4) is 0 Å². The van der Waals surface area contributed by atoms with Gasteiger partial charge in [-0.2, -0.15) is 0 Å². The number of aromatic nitrogens is 3. The zero-order chi connectivity index (χ0) is 24.6. The van der Waals surface area contributed by atoms with Gasteiger partial charge in [-0.25, -0.2) is 0 Å². The molecule has 0 unspecified atom stereocenters. The highest BCUT2D eigenvalue weighted by Gasteiger charge is 2.23. The lowest BCUT2D eigenvalue weighted by Gasteiger charge is -2.29. The van der Waals surface area contributed by atoms with Gasteiger partial charge in [0, 0.05) is 24.3 Å². The number of fused-ring (bicyclic) bond motifs is 1. The van der Waals surface area contributed by atoms with Crippen molar-refractivity contribution in [3.05, 3.63) is 65.5 Å². The Morgan fingerprint density at radius 2 is 1.91 bits per heavy atom. The summed E-state index contributed by atoms with van der Waals surface area (Å²) < 4.78 is 7.16. The highest BCUT2D eigenvalue weighted by molar-refractivity contribution is 7.99. The fourth-order valence-corrected chi connectivity index (χ4v) is 4.96. The molecular weight excluding hydrogens is 462 g/mol. The molecule has 35 heavy (non-hydrogen) atoms. The number of methoxy groups -OCH3 is 1. The standard InChI is InChI=1S/C26H31N5O3S/c1-3-4-15-31-23(17-27-25(33)20-11-13-21(34-2)14-12-20)28-29-26(31)35-18-24(32)30-16-7-9-19-8-5-6-10-22(19)30/h5-6,8,10-14H,3-4,7,9,15-18H2,1-2H3,(H,27,33). The van der Waals surface area contributed by atoms with Crippen molar-refractivity contribution in [1.29, 1.82) is 0 Å². The van der Waals surface area contributed by atoms with Crippen molar-refractivity contribution in [2.24, 2.45) is 0 Å². The summed E-state index contributed by atoms with van der Waals surface area (Å²) in [5.41, 5.74) is 2.78. The first-order valence-electron chi connectivity index (χ1n) is 12.0. The van der Waals surface area contributed by atoms with E-state index in [1.54, 1.807) is 31.4 Å². The van der Waals surface area contributed by atoms with Crippen LogP contribution in [-0.2, 0) is 24.3 Å². The summed E-state index contributed by atoms with van der Waals surface area (Å²) in [5.74, 6) is 1.55. The monoisotopic (exact) mass is 493 g/mol. The number of nitrogens with one attached hydrogen (secondary N) is 1. The molecule has 1 aromatic heterocycles. The predicted octanol–water partition coefficient (Wildman–Crippen LogP) is 4.09. The zero-order valence-corrected chi connectivity index (χ0v) is 21.0. The fraction of sp³-hybridized carbons (Fsp3) is 0.385. The second-order valence-electron chi connectivity index (χ2n) is 8.38. The van der Waals surface area contributed by atoms with E-state index in [1.165, 1.54) is 17.3 Å². The van der Waals surface area contributed by atoms with Crippen molar-refractivity contribution in [2.75, 3.05) is 24.3 Å². The molecular formula is C26H31N5O3S. The number of amides is 2. The molecule has 0 bridgehead atoms. The topological polar surface area (TPSA) is 89.4 Å². The molecule has 1 aliphatic heterocycles. The van der Waals surface area contributed by atoms with Gasteiger partial charge in [0.2, 0.25) is 5.91 Å². The van der Waals surface area contributed by atoms with E-state index in [2.05, 4.69) is 28.5 Å². The molecule has 0 aliphatic carbocycles. The minimum Gasteiger partial charge on any atom is -0.497 e. The number of hydrogen-bond donors (Lipinski definition) is 1. The van der Waals surface area contributed by atoms with Gasteiger partial charge < -0.3 is 19.5 Å². The lowest BCUT2D eigenvalue weighted by atomic mass is 10.0. The van der Waals surface area contributed by atoms with Crippen molar-refractivity contribution >= 4 is 29.3 Å². The SMILES string of the molecule is CCCCn1c(CNC(=O)c2ccc(OC)cc2)nnc1SCC(=O)N1CCCc2ccccc21. The van der Waals surface area contributed by atoms with Crippen LogP contribution in [0.15, 0.2) is 53.7 Å². The summed E-state index contributed by atoms with van der Waals surface area (Å²) in [6.45, 7) is 3.86. The second kappa shape index (κ2) is 11.9. The Morgan fingerprint density at radius 1 is 1.11 bits per heavy atom. The van der Waals surface area contributed by atoms with E-state index in [0.717, 1.165) is 44.5 Å². The molecule has 4 rings (SSSR count). The molecule has 2 aromatic carbocycles. The number of para-hydroxylation sites is 1. The van der Waals surface area contributed by atoms with E-state index in [9.17, 15) is 9.59 Å². The number of rotatable bonds is 10. The highest BCUT2D eigenvalue weighted by atomic mass is 32.2. The summed E-state index contributed by atoms with van der Waals surface area (Å²) in [5, 5.41) is 12.3. The normalized spacial score (nSPS) is 12.8. The van der Waals surface area contributed by atoms with Gasteiger partial charge in [0.25, 0.3) is 5.91 Å². The first-order chi connectivity index (χ1) is 17.1. The summed E-state index contributed by atoms with van der Waals surface area (Å²) in [4.78, 5) is 27.5. The zero-order valence-electron chi connectivity index (χ0n) is 20.2. The van der Waals surface area contributed by atoms with E-state index >= 15 is 0 Å². The number of carbonyl (C=O) groups is 2. The van der Waals surface area contributed by atoms with Crippen LogP contribution >= 0.6 is 11.8 Å². The van der Waals surface area contributed by atoms with E-state index in [1.807, 2.05) is 27.7 Å². The number of nitrogens with zero attached hydrogens (tertiary/aromatic N) is 4. The number of hydrogen-bond acceptors (Lipinski definition) is 6. The van der Waals surface area contributed by atoms with E-state index in [0.29, 0.717) is 22.3 Å². The molecule has 0 fully saturated rings. The molecule has 9 heteroatoms. The van der Waals surface area contributed by atoms with E-state index < -0.39 is 0 Å². The van der Waals surface area contributed by atoms with Crippen LogP contribution < -0.4 is 15.0 Å². The number of unbranched alkanes of at least 4 members (excludes halogenated alkanes) is 1. The number of anilines is 1. The van der Waals surface area contributed by atoms with Crippen LogP contribution in [0.1, 0.15) is 47.9 Å². The summed E-state index contributed by atoms with van der Waals surface area (Å²) >= 11 is 1.40. The third-order valence-corrected chi connectivity index (χ3v) is 6.98. The minimum absolute atomic E-state index is 0.0709. The van der Waals surface area contributed by atoms with Gasteiger partial charge in [0.05, 0.1) is 19.4 Å². The second-order valence-corrected chi connectivity index (χ2v) is 9.32. The predicted molar refractivity (Wildman–Crippen MR) is 137 cm³/mol. The first kappa shape index (κ1) is 24.8. The molecule has 1 N–H and O–H groups in total. The van der Waals surface area contributed by atoms with Gasteiger partial charge >= 0.3 is 0 Å². The third-order valence-electron chi connectivity index (χ3n) is 6.02. The van der Waals surface area contributed by atoms with Gasteiger partial charge in [-0.15, -0.1) is 10.2 Å². The van der Waals surface area contributed by atoms with Crippen molar-refractivity contribution in [3.63, 3.8) is 0 Å². The Morgan fingerprint density at radius 3 is 2.69 bits per heavy atom. The summed E-state index contributed by atoms with van der Waals surface area (Å²) in [7, 11) is 1.59. The maximum absolute atomic E-state index is 13.1. The van der Waals surface area contributed by atoms with Crippen molar-refractivity contribution < 1.29 is 14.3 Å². The lowest BCUT2D eigenvalue weighted by Crippen LogP contribution is -2.36. The minimum atomic E-state index is -0.189. The molecule has 0 saturated heterocycles. The van der Waals surface area contributed by atoms with Crippen molar-refractivity contribution in [1.82, 2.24) is 20.1 Å². The van der Waals surface area contributed by atoms with Crippen molar-refractivity contribution in [2.45, 2.75) is 50.9 Å². The van der Waals surface area contributed by atoms with Crippen LogP contribution in [0.2, 0.25) is 0 Å². The van der Waals surface area contributed by atoms with Gasteiger partial charge in [0.1, 0.15) is 5.75 Å². The molecule has 0 radical (unpaired) electrons. The third kappa shape index (κ3) is 6.03. The molecule has 184 valence electrons. The molecule has 0 atom stereocenters. The molecule has 0 saturated carbocycles. The van der Waals surface area contributed by atoms with Crippen LogP contribution in [0, 0.1) is 0 Å². The Kier molecular flexibility index (Phi) is 8.41. The van der Waals surface area contributed by atoms with Crippen molar-refractivity contribution in [3.8, 4) is 5.75 Å². The number of ether oxygens (including phenoxy) is 1. The molecule has 2 heterocycles. The largest absolute Gasteiger partial charge is 0.497 e. The Bertz CT molecular complexity index is 1160. The summed E-state index contributed by atoms with van der Waals surface area (Å²) in [6.07, 6.45) is 3.95. The maximum Gasteiger partial charge on any atom is 0.251 e. The molecule has 3 aromatic rings. The number of carbonyl (C=O) groups excluding carboxylic acids is 2.